The Hall–Kier alpha value is -2.10. The van der Waals surface area contributed by atoms with Crippen molar-refractivity contribution < 1.29 is 9.53 Å². The van der Waals surface area contributed by atoms with E-state index in [-0.39, 0.29) is 5.78 Å². The molecule has 4 heteroatoms. The van der Waals surface area contributed by atoms with E-state index in [0.717, 1.165) is 23.7 Å². The summed E-state index contributed by atoms with van der Waals surface area (Å²) in [6.07, 6.45) is 3.94. The van der Waals surface area contributed by atoms with E-state index < -0.39 is 0 Å². The van der Waals surface area contributed by atoms with E-state index in [4.69, 9.17) is 4.74 Å². The van der Waals surface area contributed by atoms with Crippen LogP contribution >= 0.6 is 0 Å². The van der Waals surface area contributed by atoms with Crippen LogP contribution < -0.4 is 4.74 Å². The first-order valence-corrected chi connectivity index (χ1v) is 6.33. The van der Waals surface area contributed by atoms with Gasteiger partial charge in [-0.15, -0.1) is 0 Å². The Morgan fingerprint density at radius 3 is 2.84 bits per heavy atom. The van der Waals surface area contributed by atoms with E-state index >= 15 is 0 Å². The van der Waals surface area contributed by atoms with Gasteiger partial charge in [0.15, 0.2) is 5.78 Å². The predicted molar refractivity (Wildman–Crippen MR) is 73.7 cm³/mol. The van der Waals surface area contributed by atoms with Crippen LogP contribution in [0, 0.1) is 6.92 Å². The monoisotopic (exact) mass is 258 g/mol. The average molecular weight is 258 g/mol. The topological polar surface area (TPSA) is 44.1 Å². The normalized spacial score (nSPS) is 10.5. The molecule has 0 aliphatic carbocycles. The van der Waals surface area contributed by atoms with Crippen LogP contribution in [-0.4, -0.2) is 22.4 Å². The van der Waals surface area contributed by atoms with Gasteiger partial charge in [-0.1, -0.05) is 0 Å². The molecule has 100 valence electrons. The van der Waals surface area contributed by atoms with E-state index in [1.54, 1.807) is 19.4 Å². The molecule has 0 saturated heterocycles. The molecule has 1 aromatic carbocycles. The zero-order valence-corrected chi connectivity index (χ0v) is 11.5. The van der Waals surface area contributed by atoms with Gasteiger partial charge in [-0.25, -0.2) is 4.98 Å². The first-order valence-electron chi connectivity index (χ1n) is 6.33. The third kappa shape index (κ3) is 2.84. The smallest absolute Gasteiger partial charge is 0.170 e. The number of rotatable bonds is 5. The van der Waals surface area contributed by atoms with Crippen LogP contribution in [0.25, 0.3) is 0 Å². The van der Waals surface area contributed by atoms with Gasteiger partial charge in [0.2, 0.25) is 0 Å². The minimum absolute atomic E-state index is 0.0756. The van der Waals surface area contributed by atoms with E-state index in [0.29, 0.717) is 12.0 Å². The lowest BCUT2D eigenvalue weighted by atomic mass is 10.0. The second-order valence-electron chi connectivity index (χ2n) is 4.41. The molecule has 0 unspecified atom stereocenters. The number of aryl methyl sites for hydroxylation is 2. The van der Waals surface area contributed by atoms with Gasteiger partial charge in [-0.3, -0.25) is 4.79 Å². The molecule has 0 atom stereocenters. The second kappa shape index (κ2) is 5.69. The highest BCUT2D eigenvalue weighted by molar-refractivity contribution is 5.97. The number of carbonyl (C=O) groups excluding carboxylic acids is 1. The fraction of sp³-hybridized carbons (Fsp3) is 0.333. The number of carbonyl (C=O) groups is 1. The van der Waals surface area contributed by atoms with E-state index in [1.807, 2.05) is 36.7 Å². The molecule has 0 amide bonds. The summed E-state index contributed by atoms with van der Waals surface area (Å²) in [5, 5.41) is 0. The van der Waals surface area contributed by atoms with Gasteiger partial charge in [0.1, 0.15) is 11.6 Å². The van der Waals surface area contributed by atoms with Gasteiger partial charge in [-0.05, 0) is 37.6 Å². The average Bonchev–Trinajstić information content (AvgIpc) is 2.85. The quantitative estimate of drug-likeness (QED) is 0.774. The van der Waals surface area contributed by atoms with Gasteiger partial charge in [0, 0.05) is 24.5 Å². The molecule has 0 fully saturated rings. The van der Waals surface area contributed by atoms with E-state index in [1.165, 1.54) is 0 Å². The molecular formula is C15H18N2O2. The predicted octanol–water partition coefficient (Wildman–Crippen LogP) is 2.65. The first-order chi connectivity index (χ1) is 9.15. The lowest BCUT2D eigenvalue weighted by Crippen LogP contribution is -2.09. The van der Waals surface area contributed by atoms with Crippen molar-refractivity contribution in [3.05, 3.63) is 47.5 Å². The zero-order valence-electron chi connectivity index (χ0n) is 11.5. The molecule has 4 nitrogen and oxygen atoms in total. The van der Waals surface area contributed by atoms with E-state index in [2.05, 4.69) is 4.98 Å². The van der Waals surface area contributed by atoms with Gasteiger partial charge in [0.05, 0.1) is 13.5 Å². The summed E-state index contributed by atoms with van der Waals surface area (Å²) in [4.78, 5) is 16.5. The van der Waals surface area contributed by atoms with Crippen LogP contribution in [-0.2, 0) is 13.0 Å². The highest BCUT2D eigenvalue weighted by Crippen LogP contribution is 2.19. The van der Waals surface area contributed by atoms with Crippen LogP contribution in [0.3, 0.4) is 0 Å². The van der Waals surface area contributed by atoms with Crippen molar-refractivity contribution in [3.63, 3.8) is 0 Å². The number of methoxy groups -OCH3 is 1. The molecule has 2 aromatic rings. The Labute approximate surface area is 113 Å². The van der Waals surface area contributed by atoms with Crippen molar-refractivity contribution in [2.75, 3.05) is 7.11 Å². The Morgan fingerprint density at radius 2 is 2.21 bits per heavy atom. The third-order valence-corrected chi connectivity index (χ3v) is 3.18. The number of benzene rings is 1. The van der Waals surface area contributed by atoms with Crippen molar-refractivity contribution in [1.82, 2.24) is 9.55 Å². The zero-order chi connectivity index (χ0) is 13.8. The Kier molecular flexibility index (Phi) is 4.00. The molecule has 0 aliphatic heterocycles. The number of nitrogens with zero attached hydrogens (tertiary/aromatic N) is 2. The molecule has 0 aliphatic rings. The number of ether oxygens (including phenoxy) is 1. The summed E-state index contributed by atoms with van der Waals surface area (Å²) in [5.41, 5.74) is 1.66. The number of aromatic nitrogens is 2. The fourth-order valence-electron chi connectivity index (χ4n) is 2.09. The molecule has 0 saturated carbocycles. The van der Waals surface area contributed by atoms with Gasteiger partial charge in [-0.2, -0.15) is 0 Å². The van der Waals surface area contributed by atoms with Crippen LogP contribution in [0.15, 0.2) is 30.6 Å². The summed E-state index contributed by atoms with van der Waals surface area (Å²) < 4.78 is 7.17. The minimum atomic E-state index is 0.0756. The molecule has 1 heterocycles. The highest BCUT2D eigenvalue weighted by atomic mass is 16.5. The lowest BCUT2D eigenvalue weighted by Gasteiger charge is -2.07. The summed E-state index contributed by atoms with van der Waals surface area (Å²) in [6.45, 7) is 4.79. The van der Waals surface area contributed by atoms with Crippen molar-refractivity contribution in [1.29, 1.82) is 0 Å². The second-order valence-corrected chi connectivity index (χ2v) is 4.41. The van der Waals surface area contributed by atoms with Gasteiger partial charge >= 0.3 is 0 Å². The minimum Gasteiger partial charge on any atom is -0.496 e. The molecule has 19 heavy (non-hydrogen) atoms. The van der Waals surface area contributed by atoms with E-state index in [9.17, 15) is 4.79 Å². The summed E-state index contributed by atoms with van der Waals surface area (Å²) in [5.74, 6) is 1.68. The van der Waals surface area contributed by atoms with Crippen molar-refractivity contribution in [2.24, 2.45) is 0 Å². The number of ketones is 1. The first kappa shape index (κ1) is 13.3. The Bertz CT molecular complexity index is 588. The number of hydrogen-bond acceptors (Lipinski definition) is 3. The van der Waals surface area contributed by atoms with Crippen LogP contribution in [0.5, 0.6) is 5.75 Å². The molecule has 1 aromatic heterocycles. The number of Topliss-reactive ketones (excluding diaryl/α,β-unsaturated/α-hetero) is 1. The lowest BCUT2D eigenvalue weighted by molar-refractivity contribution is 0.0989. The van der Waals surface area contributed by atoms with Gasteiger partial charge in [0.25, 0.3) is 0 Å². The van der Waals surface area contributed by atoms with Crippen molar-refractivity contribution >= 4 is 5.78 Å². The summed E-state index contributed by atoms with van der Waals surface area (Å²) in [6, 6.07) is 5.49. The highest BCUT2D eigenvalue weighted by Gasteiger charge is 2.12. The van der Waals surface area contributed by atoms with Crippen LogP contribution in [0.4, 0.5) is 0 Å². The fourth-order valence-corrected chi connectivity index (χ4v) is 2.09. The van der Waals surface area contributed by atoms with Crippen LogP contribution in [0.1, 0.15) is 28.7 Å². The molecule has 2 rings (SSSR count). The van der Waals surface area contributed by atoms with Crippen LogP contribution in [0.2, 0.25) is 0 Å². The summed E-state index contributed by atoms with van der Waals surface area (Å²) in [7, 11) is 1.63. The number of hydrogen-bond donors (Lipinski definition) is 0. The molecular weight excluding hydrogens is 240 g/mol. The molecule has 0 N–H and O–H groups in total. The molecule has 0 bridgehead atoms. The van der Waals surface area contributed by atoms with Gasteiger partial charge < -0.3 is 9.30 Å². The van der Waals surface area contributed by atoms with Crippen molar-refractivity contribution in [3.8, 4) is 5.75 Å². The van der Waals surface area contributed by atoms with Crippen molar-refractivity contribution in [2.45, 2.75) is 26.8 Å². The SMILES string of the molecule is CCn1ccnc1CC(=O)c1ccc(OC)c(C)c1. The maximum atomic E-state index is 12.2. The third-order valence-electron chi connectivity index (χ3n) is 3.18. The molecule has 0 radical (unpaired) electrons. The largest absolute Gasteiger partial charge is 0.496 e. The Morgan fingerprint density at radius 1 is 1.42 bits per heavy atom. The Balaban J connectivity index is 2.18. The maximum Gasteiger partial charge on any atom is 0.170 e. The standard InChI is InChI=1S/C15H18N2O2/c1-4-17-8-7-16-15(17)10-13(18)12-5-6-14(19-3)11(2)9-12/h5-9H,4,10H2,1-3H3. The maximum absolute atomic E-state index is 12.2. The summed E-state index contributed by atoms with van der Waals surface area (Å²) >= 11 is 0. The number of imidazole rings is 1. The molecule has 0 spiro atoms.